The molecule has 21 heavy (non-hydrogen) atoms. The smallest absolute Gasteiger partial charge is 0.256 e. The number of rotatable bonds is 4. The average Bonchev–Trinajstić information content (AvgIpc) is 2.76. The number of carbonyl (C=O) groups excluding carboxylic acids is 1. The highest BCUT2D eigenvalue weighted by atomic mass is 16.3. The molecule has 1 aromatic carbocycles. The summed E-state index contributed by atoms with van der Waals surface area (Å²) >= 11 is 0. The molecule has 0 saturated heterocycles. The third-order valence-electron chi connectivity index (χ3n) is 3.74. The molecule has 0 bridgehead atoms. The molecule has 0 aliphatic heterocycles. The Hall–Kier alpha value is -2.01. The van der Waals surface area contributed by atoms with Gasteiger partial charge in [0.15, 0.2) is 0 Å². The highest BCUT2D eigenvalue weighted by molar-refractivity contribution is 6.09. The second kappa shape index (κ2) is 5.77. The molecule has 1 heterocycles. The first-order valence-corrected chi connectivity index (χ1v) is 7.10. The predicted octanol–water partition coefficient (Wildman–Crippen LogP) is 2.34. The Labute approximate surface area is 125 Å². The number of fused-ring (bicyclic) bond motifs is 1. The van der Waals surface area contributed by atoms with Gasteiger partial charge in [0, 0.05) is 42.3 Å². The van der Waals surface area contributed by atoms with E-state index >= 15 is 0 Å². The first-order valence-electron chi connectivity index (χ1n) is 7.10. The minimum Gasteiger partial charge on any atom is -0.508 e. The van der Waals surface area contributed by atoms with Crippen LogP contribution in [-0.2, 0) is 6.54 Å². The van der Waals surface area contributed by atoms with Crippen molar-refractivity contribution in [3.63, 3.8) is 0 Å². The number of nitrogens with one attached hydrogen (secondary N) is 1. The second-order valence-corrected chi connectivity index (χ2v) is 5.67. The number of aromatic hydroxyl groups is 1. The van der Waals surface area contributed by atoms with Crippen LogP contribution in [0.3, 0.4) is 0 Å². The van der Waals surface area contributed by atoms with Crippen molar-refractivity contribution in [2.75, 3.05) is 27.7 Å². The van der Waals surface area contributed by atoms with E-state index in [1.165, 1.54) is 0 Å². The number of phenols is 1. The molecule has 0 aliphatic carbocycles. The maximum absolute atomic E-state index is 12.6. The van der Waals surface area contributed by atoms with Crippen molar-refractivity contribution < 1.29 is 9.90 Å². The van der Waals surface area contributed by atoms with E-state index < -0.39 is 0 Å². The molecule has 1 aromatic heterocycles. The van der Waals surface area contributed by atoms with E-state index in [1.54, 1.807) is 18.0 Å². The summed E-state index contributed by atoms with van der Waals surface area (Å²) < 4.78 is 0. The van der Waals surface area contributed by atoms with Crippen molar-refractivity contribution >= 4 is 16.8 Å². The van der Waals surface area contributed by atoms with Crippen LogP contribution in [0, 0.1) is 6.92 Å². The van der Waals surface area contributed by atoms with Crippen molar-refractivity contribution in [3.05, 3.63) is 29.0 Å². The van der Waals surface area contributed by atoms with Gasteiger partial charge >= 0.3 is 0 Å². The summed E-state index contributed by atoms with van der Waals surface area (Å²) in [5.41, 5.74) is 3.16. The number of aromatic amines is 1. The molecule has 114 valence electrons. The Morgan fingerprint density at radius 2 is 1.95 bits per heavy atom. The second-order valence-electron chi connectivity index (χ2n) is 5.67. The zero-order valence-electron chi connectivity index (χ0n) is 13.3. The number of H-pyrrole nitrogens is 1. The number of hydrogen-bond acceptors (Lipinski definition) is 3. The molecule has 0 atom stereocenters. The van der Waals surface area contributed by atoms with Crippen molar-refractivity contribution in [2.24, 2.45) is 0 Å². The van der Waals surface area contributed by atoms with Gasteiger partial charge < -0.3 is 19.9 Å². The first-order chi connectivity index (χ1) is 9.86. The Morgan fingerprint density at radius 1 is 1.29 bits per heavy atom. The van der Waals surface area contributed by atoms with Gasteiger partial charge in [0.2, 0.25) is 0 Å². The van der Waals surface area contributed by atoms with Crippen molar-refractivity contribution in [1.82, 2.24) is 14.8 Å². The Bertz CT molecular complexity index is 674. The highest BCUT2D eigenvalue weighted by Crippen LogP contribution is 2.33. The average molecular weight is 289 g/mol. The summed E-state index contributed by atoms with van der Waals surface area (Å²) in [7, 11) is 5.67. The normalized spacial score (nSPS) is 11.3. The van der Waals surface area contributed by atoms with Gasteiger partial charge in [-0.05, 0) is 40.1 Å². The standard InChI is InChI=1S/C16H23N3O2/c1-6-19(5)16(21)14-10(2)17-12-7-8-13(20)11(15(12)14)9-18(3)4/h7-8,17,20H,6,9H2,1-5H3. The van der Waals surface area contributed by atoms with Crippen LogP contribution in [0.5, 0.6) is 5.75 Å². The van der Waals surface area contributed by atoms with Gasteiger partial charge in [0.25, 0.3) is 5.91 Å². The zero-order valence-corrected chi connectivity index (χ0v) is 13.3. The molecule has 0 saturated carbocycles. The van der Waals surface area contributed by atoms with E-state index in [0.29, 0.717) is 18.7 Å². The molecule has 0 aliphatic rings. The fourth-order valence-corrected chi connectivity index (χ4v) is 2.56. The topological polar surface area (TPSA) is 59.6 Å². The summed E-state index contributed by atoms with van der Waals surface area (Å²) in [6, 6.07) is 3.49. The van der Waals surface area contributed by atoms with Crippen LogP contribution in [0.15, 0.2) is 12.1 Å². The molecule has 2 N–H and O–H groups in total. The van der Waals surface area contributed by atoms with E-state index in [9.17, 15) is 9.90 Å². The van der Waals surface area contributed by atoms with Crippen LogP contribution >= 0.6 is 0 Å². The molecular weight excluding hydrogens is 266 g/mol. The third-order valence-corrected chi connectivity index (χ3v) is 3.74. The maximum Gasteiger partial charge on any atom is 0.256 e. The monoisotopic (exact) mass is 289 g/mol. The number of phenolic OH excluding ortho intramolecular Hbond substituents is 1. The first kappa shape index (κ1) is 15.4. The van der Waals surface area contributed by atoms with Crippen molar-refractivity contribution in [3.8, 4) is 5.75 Å². The van der Waals surface area contributed by atoms with Crippen LogP contribution in [0.25, 0.3) is 10.9 Å². The fraction of sp³-hybridized carbons (Fsp3) is 0.438. The van der Waals surface area contributed by atoms with E-state index in [0.717, 1.165) is 22.2 Å². The highest BCUT2D eigenvalue weighted by Gasteiger charge is 2.22. The van der Waals surface area contributed by atoms with Gasteiger partial charge in [-0.1, -0.05) is 0 Å². The van der Waals surface area contributed by atoms with Gasteiger partial charge in [-0.15, -0.1) is 0 Å². The SMILES string of the molecule is CCN(C)C(=O)c1c(C)[nH]c2ccc(O)c(CN(C)C)c12. The minimum atomic E-state index is -0.0214. The Kier molecular flexibility index (Phi) is 4.23. The largest absolute Gasteiger partial charge is 0.508 e. The number of nitrogens with zero attached hydrogens (tertiary/aromatic N) is 2. The summed E-state index contributed by atoms with van der Waals surface area (Å²) in [4.78, 5) is 19.5. The number of aromatic nitrogens is 1. The van der Waals surface area contributed by atoms with Crippen LogP contribution in [-0.4, -0.2) is 53.5 Å². The number of hydrogen-bond donors (Lipinski definition) is 2. The summed E-state index contributed by atoms with van der Waals surface area (Å²) in [5, 5.41) is 11.0. The van der Waals surface area contributed by atoms with E-state index in [2.05, 4.69) is 4.98 Å². The molecule has 2 aromatic rings. The molecule has 1 amide bonds. The van der Waals surface area contributed by atoms with Crippen LogP contribution < -0.4 is 0 Å². The Balaban J connectivity index is 2.72. The molecule has 0 unspecified atom stereocenters. The van der Waals surface area contributed by atoms with E-state index in [1.807, 2.05) is 38.9 Å². The number of carbonyl (C=O) groups is 1. The molecule has 0 radical (unpaired) electrons. The lowest BCUT2D eigenvalue weighted by Gasteiger charge is -2.17. The quantitative estimate of drug-likeness (QED) is 0.908. The predicted molar refractivity (Wildman–Crippen MR) is 84.7 cm³/mol. The third kappa shape index (κ3) is 2.74. The summed E-state index contributed by atoms with van der Waals surface area (Å²) in [6.45, 7) is 5.07. The van der Waals surface area contributed by atoms with Crippen LogP contribution in [0.4, 0.5) is 0 Å². The van der Waals surface area contributed by atoms with Crippen LogP contribution in [0.1, 0.15) is 28.5 Å². The van der Waals surface area contributed by atoms with Gasteiger partial charge in [-0.3, -0.25) is 4.79 Å². The van der Waals surface area contributed by atoms with Gasteiger partial charge in [0.1, 0.15) is 5.75 Å². The summed E-state index contributed by atoms with van der Waals surface area (Å²) in [6.07, 6.45) is 0. The van der Waals surface area contributed by atoms with Gasteiger partial charge in [-0.25, -0.2) is 0 Å². The van der Waals surface area contributed by atoms with E-state index in [-0.39, 0.29) is 11.7 Å². The molecule has 0 spiro atoms. The maximum atomic E-state index is 12.6. The Morgan fingerprint density at radius 3 is 2.52 bits per heavy atom. The number of benzene rings is 1. The summed E-state index contributed by atoms with van der Waals surface area (Å²) in [5.74, 6) is 0.204. The van der Waals surface area contributed by atoms with Crippen molar-refractivity contribution in [2.45, 2.75) is 20.4 Å². The molecule has 5 heteroatoms. The van der Waals surface area contributed by atoms with Gasteiger partial charge in [-0.2, -0.15) is 0 Å². The van der Waals surface area contributed by atoms with E-state index in [4.69, 9.17) is 0 Å². The molecule has 0 fully saturated rings. The lowest BCUT2D eigenvalue weighted by Crippen LogP contribution is -2.26. The molecule has 2 rings (SSSR count). The zero-order chi connectivity index (χ0) is 15.7. The number of aryl methyl sites for hydroxylation is 1. The fourth-order valence-electron chi connectivity index (χ4n) is 2.56. The lowest BCUT2D eigenvalue weighted by atomic mass is 10.0. The molecular formula is C16H23N3O2. The lowest BCUT2D eigenvalue weighted by molar-refractivity contribution is 0.0803. The van der Waals surface area contributed by atoms with Crippen molar-refractivity contribution in [1.29, 1.82) is 0 Å². The molecule has 5 nitrogen and oxygen atoms in total. The number of amides is 1. The van der Waals surface area contributed by atoms with Gasteiger partial charge in [0.05, 0.1) is 5.56 Å². The minimum absolute atomic E-state index is 0.0214. The van der Waals surface area contributed by atoms with Crippen LogP contribution in [0.2, 0.25) is 0 Å².